The summed E-state index contributed by atoms with van der Waals surface area (Å²) in [6, 6.07) is 3.19. The van der Waals surface area contributed by atoms with Gasteiger partial charge in [-0.15, -0.1) is 0 Å². The number of anilines is 1. The van der Waals surface area contributed by atoms with Crippen LogP contribution in [0.4, 0.5) is 14.5 Å². The molecule has 0 saturated carbocycles. The van der Waals surface area contributed by atoms with E-state index in [1.807, 2.05) is 0 Å². The third kappa shape index (κ3) is 2.77. The predicted octanol–water partition coefficient (Wildman–Crippen LogP) is 0.290. The van der Waals surface area contributed by atoms with Crippen molar-refractivity contribution in [2.75, 3.05) is 31.1 Å². The highest BCUT2D eigenvalue weighted by Crippen LogP contribution is 2.22. The SMILES string of the molecule is NS(=O)(=O)N1CCN(c2cc(F)ccc2F)CC1. The van der Waals surface area contributed by atoms with Gasteiger partial charge in [0.05, 0.1) is 5.69 Å². The van der Waals surface area contributed by atoms with Gasteiger partial charge in [0, 0.05) is 32.2 Å². The molecule has 5 nitrogen and oxygen atoms in total. The first-order valence-electron chi connectivity index (χ1n) is 5.36. The van der Waals surface area contributed by atoms with E-state index in [4.69, 9.17) is 5.14 Å². The molecule has 1 aliphatic rings. The Hall–Kier alpha value is -1.25. The van der Waals surface area contributed by atoms with Crippen molar-refractivity contribution in [3.05, 3.63) is 29.8 Å². The Balaban J connectivity index is 2.12. The van der Waals surface area contributed by atoms with E-state index in [0.717, 1.165) is 22.5 Å². The molecule has 2 rings (SSSR count). The summed E-state index contributed by atoms with van der Waals surface area (Å²) in [6.07, 6.45) is 0. The molecule has 0 aliphatic carbocycles. The van der Waals surface area contributed by atoms with Crippen molar-refractivity contribution in [2.45, 2.75) is 0 Å². The van der Waals surface area contributed by atoms with E-state index in [1.165, 1.54) is 0 Å². The number of nitrogens with two attached hydrogens (primary N) is 1. The predicted molar refractivity (Wildman–Crippen MR) is 63.3 cm³/mol. The first-order chi connectivity index (χ1) is 8.38. The van der Waals surface area contributed by atoms with E-state index in [2.05, 4.69) is 0 Å². The van der Waals surface area contributed by atoms with Crippen LogP contribution in [0.1, 0.15) is 0 Å². The maximum Gasteiger partial charge on any atom is 0.277 e. The van der Waals surface area contributed by atoms with Crippen molar-refractivity contribution in [1.29, 1.82) is 0 Å². The highest BCUT2D eigenvalue weighted by molar-refractivity contribution is 7.86. The summed E-state index contributed by atoms with van der Waals surface area (Å²) in [4.78, 5) is 1.60. The normalized spacial score (nSPS) is 18.1. The molecule has 0 aromatic heterocycles. The zero-order valence-electron chi connectivity index (χ0n) is 9.51. The fourth-order valence-electron chi connectivity index (χ4n) is 1.91. The number of nitrogens with zero attached hydrogens (tertiary/aromatic N) is 2. The molecule has 100 valence electrons. The van der Waals surface area contributed by atoms with Gasteiger partial charge in [-0.3, -0.25) is 0 Å². The Morgan fingerprint density at radius 1 is 1.11 bits per heavy atom. The lowest BCUT2D eigenvalue weighted by Gasteiger charge is -2.34. The molecule has 8 heteroatoms. The smallest absolute Gasteiger partial charge is 0.277 e. The Bertz CT molecular complexity index is 542. The number of piperazine rings is 1. The minimum absolute atomic E-state index is 0.143. The third-order valence-electron chi connectivity index (χ3n) is 2.85. The molecule has 1 aromatic carbocycles. The van der Waals surface area contributed by atoms with Crippen LogP contribution in [0.2, 0.25) is 0 Å². The number of rotatable bonds is 2. The molecule has 1 heterocycles. The van der Waals surface area contributed by atoms with E-state index in [9.17, 15) is 17.2 Å². The Morgan fingerprint density at radius 3 is 2.28 bits per heavy atom. The second kappa shape index (κ2) is 4.79. The second-order valence-electron chi connectivity index (χ2n) is 4.03. The number of hydrogen-bond acceptors (Lipinski definition) is 3. The van der Waals surface area contributed by atoms with Gasteiger partial charge >= 0.3 is 0 Å². The van der Waals surface area contributed by atoms with E-state index >= 15 is 0 Å². The van der Waals surface area contributed by atoms with Crippen LogP contribution in [0.15, 0.2) is 18.2 Å². The van der Waals surface area contributed by atoms with Crippen LogP contribution >= 0.6 is 0 Å². The van der Waals surface area contributed by atoms with E-state index in [0.29, 0.717) is 0 Å². The summed E-state index contributed by atoms with van der Waals surface area (Å²) in [5.41, 5.74) is 0.143. The third-order valence-corrected chi connectivity index (χ3v) is 3.93. The largest absolute Gasteiger partial charge is 0.366 e. The summed E-state index contributed by atoms with van der Waals surface area (Å²) in [5, 5.41) is 4.99. The molecule has 1 aromatic rings. The molecule has 1 saturated heterocycles. The average molecular weight is 277 g/mol. The van der Waals surface area contributed by atoms with Crippen molar-refractivity contribution in [3.8, 4) is 0 Å². The summed E-state index contributed by atoms with van der Waals surface area (Å²) in [6.45, 7) is 0.872. The minimum atomic E-state index is -3.71. The second-order valence-corrected chi connectivity index (χ2v) is 5.57. The number of hydrogen-bond donors (Lipinski definition) is 1. The van der Waals surface area contributed by atoms with E-state index in [1.54, 1.807) is 4.90 Å². The maximum atomic E-state index is 13.5. The molecule has 0 radical (unpaired) electrons. The van der Waals surface area contributed by atoms with Crippen LogP contribution in [-0.2, 0) is 10.2 Å². The van der Waals surface area contributed by atoms with Crippen molar-refractivity contribution in [3.63, 3.8) is 0 Å². The monoisotopic (exact) mass is 277 g/mol. The number of halogens is 2. The Kier molecular flexibility index (Phi) is 3.51. The molecular weight excluding hydrogens is 264 g/mol. The van der Waals surface area contributed by atoms with Gasteiger partial charge in [0.15, 0.2) is 0 Å². The molecule has 0 amide bonds. The number of benzene rings is 1. The van der Waals surface area contributed by atoms with Gasteiger partial charge < -0.3 is 4.90 Å². The molecule has 0 bridgehead atoms. The van der Waals surface area contributed by atoms with Crippen LogP contribution in [0, 0.1) is 11.6 Å². The molecular formula is C10H13F2N3O2S. The molecule has 0 unspecified atom stereocenters. The molecule has 1 fully saturated rings. The molecule has 0 spiro atoms. The summed E-state index contributed by atoms with van der Waals surface area (Å²) in [5.74, 6) is -1.05. The maximum absolute atomic E-state index is 13.5. The summed E-state index contributed by atoms with van der Waals surface area (Å²) < 4.78 is 49.9. The quantitative estimate of drug-likeness (QED) is 0.845. The lowest BCUT2D eigenvalue weighted by Crippen LogP contribution is -2.50. The van der Waals surface area contributed by atoms with Crippen LogP contribution in [0.25, 0.3) is 0 Å². The van der Waals surface area contributed by atoms with E-state index < -0.39 is 21.8 Å². The van der Waals surface area contributed by atoms with Gasteiger partial charge in [-0.1, -0.05) is 0 Å². The molecule has 1 aliphatic heterocycles. The Labute approximate surface area is 104 Å². The Morgan fingerprint density at radius 2 is 1.72 bits per heavy atom. The summed E-state index contributed by atoms with van der Waals surface area (Å²) >= 11 is 0. The van der Waals surface area contributed by atoms with Crippen molar-refractivity contribution in [1.82, 2.24) is 4.31 Å². The van der Waals surface area contributed by atoms with E-state index in [-0.39, 0.29) is 31.9 Å². The fraction of sp³-hybridized carbons (Fsp3) is 0.400. The van der Waals surface area contributed by atoms with Gasteiger partial charge in [0.1, 0.15) is 11.6 Å². The topological polar surface area (TPSA) is 66.6 Å². The first kappa shape index (κ1) is 13.2. The van der Waals surface area contributed by atoms with Crippen LogP contribution in [0.5, 0.6) is 0 Å². The first-order valence-corrected chi connectivity index (χ1v) is 6.86. The van der Waals surface area contributed by atoms with Crippen molar-refractivity contribution >= 4 is 15.9 Å². The molecule has 0 atom stereocenters. The molecule has 2 N–H and O–H groups in total. The molecule has 18 heavy (non-hydrogen) atoms. The average Bonchev–Trinajstić information content (AvgIpc) is 2.31. The lowest BCUT2D eigenvalue weighted by atomic mass is 10.2. The van der Waals surface area contributed by atoms with Gasteiger partial charge in [0.2, 0.25) is 0 Å². The van der Waals surface area contributed by atoms with Crippen molar-refractivity contribution in [2.24, 2.45) is 5.14 Å². The fourth-order valence-corrected chi connectivity index (χ4v) is 2.58. The highest BCUT2D eigenvalue weighted by Gasteiger charge is 2.25. The van der Waals surface area contributed by atoms with Gasteiger partial charge in [-0.05, 0) is 12.1 Å². The van der Waals surface area contributed by atoms with Gasteiger partial charge in [0.25, 0.3) is 10.2 Å². The van der Waals surface area contributed by atoms with Gasteiger partial charge in [-0.25, -0.2) is 13.9 Å². The standard InChI is InChI=1S/C10H13F2N3O2S/c11-8-1-2-9(12)10(7-8)14-3-5-15(6-4-14)18(13,16)17/h1-2,7H,3-6H2,(H2,13,16,17). The van der Waals surface area contributed by atoms with Crippen LogP contribution in [0.3, 0.4) is 0 Å². The zero-order valence-corrected chi connectivity index (χ0v) is 10.3. The van der Waals surface area contributed by atoms with Crippen molar-refractivity contribution < 1.29 is 17.2 Å². The van der Waals surface area contributed by atoms with Gasteiger partial charge in [-0.2, -0.15) is 12.7 Å². The minimum Gasteiger partial charge on any atom is -0.366 e. The zero-order chi connectivity index (χ0) is 13.3. The van der Waals surface area contributed by atoms with Crippen LogP contribution in [-0.4, -0.2) is 38.9 Å². The highest BCUT2D eigenvalue weighted by atomic mass is 32.2. The summed E-state index contributed by atoms with van der Waals surface area (Å²) in [7, 11) is -3.71. The lowest BCUT2D eigenvalue weighted by molar-refractivity contribution is 0.383. The van der Waals surface area contributed by atoms with Crippen LogP contribution < -0.4 is 10.0 Å².